The van der Waals surface area contributed by atoms with Crippen LogP contribution in [0.1, 0.15) is 26.0 Å². The van der Waals surface area contributed by atoms with E-state index in [0.717, 1.165) is 0 Å². The maximum Gasteiger partial charge on any atom is 0.305 e. The van der Waals surface area contributed by atoms with E-state index in [1.165, 1.54) is 11.3 Å². The van der Waals surface area contributed by atoms with Crippen molar-refractivity contribution in [2.45, 2.75) is 32.7 Å². The molecule has 2 heterocycles. The summed E-state index contributed by atoms with van der Waals surface area (Å²) in [5.41, 5.74) is 0.560. The number of thiazole rings is 1. The quantitative estimate of drug-likeness (QED) is 0.787. The number of nitrogens with zero attached hydrogens (tertiary/aromatic N) is 2. The summed E-state index contributed by atoms with van der Waals surface area (Å²) in [6.45, 7) is 4.57. The fourth-order valence-electron chi connectivity index (χ4n) is 2.31. The number of ether oxygens (including phenoxy) is 1. The zero-order valence-corrected chi connectivity index (χ0v) is 14.5. The Labute approximate surface area is 143 Å². The Kier molecular flexibility index (Phi) is 6.27. The first-order chi connectivity index (χ1) is 11.4. The molecule has 1 aliphatic rings. The lowest BCUT2D eigenvalue weighted by Gasteiger charge is -2.34. The largest absolute Gasteiger partial charge is 0.481 e. The number of carbonyl (C=O) groups excluding carboxylic acids is 2. The van der Waals surface area contributed by atoms with Crippen molar-refractivity contribution in [1.82, 2.24) is 9.88 Å². The predicted octanol–water partition coefficient (Wildman–Crippen LogP) is 0.982. The third-order valence-electron chi connectivity index (χ3n) is 3.60. The van der Waals surface area contributed by atoms with Crippen molar-refractivity contribution in [2.24, 2.45) is 5.92 Å². The van der Waals surface area contributed by atoms with Crippen LogP contribution in [0.3, 0.4) is 0 Å². The smallest absolute Gasteiger partial charge is 0.305 e. The summed E-state index contributed by atoms with van der Waals surface area (Å²) in [4.78, 5) is 40.8. The molecule has 2 rings (SSSR count). The summed E-state index contributed by atoms with van der Waals surface area (Å²) in [5, 5.41) is 13.8. The molecular weight excluding hydrogens is 334 g/mol. The SMILES string of the molecule is CC(C)C(=O)Nc1nc(CC(=O)N2CCOCC2CC(=O)O)cs1. The van der Waals surface area contributed by atoms with Crippen LogP contribution < -0.4 is 5.32 Å². The van der Waals surface area contributed by atoms with E-state index in [4.69, 9.17) is 9.84 Å². The van der Waals surface area contributed by atoms with Gasteiger partial charge in [-0.3, -0.25) is 14.4 Å². The fourth-order valence-corrected chi connectivity index (χ4v) is 3.02. The average Bonchev–Trinajstić information content (AvgIpc) is 2.94. The summed E-state index contributed by atoms with van der Waals surface area (Å²) in [7, 11) is 0. The molecule has 0 bridgehead atoms. The molecule has 1 aliphatic heterocycles. The van der Waals surface area contributed by atoms with Gasteiger partial charge in [-0.15, -0.1) is 11.3 Å². The van der Waals surface area contributed by atoms with E-state index in [1.807, 2.05) is 0 Å². The average molecular weight is 355 g/mol. The number of aliphatic carboxylic acids is 1. The Morgan fingerprint density at radius 1 is 1.50 bits per heavy atom. The number of morpholine rings is 1. The molecule has 0 radical (unpaired) electrons. The van der Waals surface area contributed by atoms with E-state index in [2.05, 4.69) is 10.3 Å². The van der Waals surface area contributed by atoms with E-state index in [-0.39, 0.29) is 37.2 Å². The van der Waals surface area contributed by atoms with Gasteiger partial charge < -0.3 is 20.1 Å². The summed E-state index contributed by atoms with van der Waals surface area (Å²) in [5.74, 6) is -1.42. The van der Waals surface area contributed by atoms with Gasteiger partial charge in [-0.25, -0.2) is 4.98 Å². The molecule has 132 valence electrons. The highest BCUT2D eigenvalue weighted by atomic mass is 32.1. The van der Waals surface area contributed by atoms with Crippen LogP contribution in [-0.2, 0) is 25.5 Å². The van der Waals surface area contributed by atoms with Gasteiger partial charge in [0.1, 0.15) is 0 Å². The molecule has 1 aromatic rings. The molecule has 1 unspecified atom stereocenters. The molecule has 9 heteroatoms. The van der Waals surface area contributed by atoms with E-state index >= 15 is 0 Å². The molecule has 2 N–H and O–H groups in total. The zero-order chi connectivity index (χ0) is 17.7. The minimum absolute atomic E-state index is 0.0736. The van der Waals surface area contributed by atoms with Gasteiger partial charge in [0.25, 0.3) is 0 Å². The summed E-state index contributed by atoms with van der Waals surface area (Å²) < 4.78 is 5.27. The van der Waals surface area contributed by atoms with E-state index in [0.29, 0.717) is 24.0 Å². The first kappa shape index (κ1) is 18.3. The van der Waals surface area contributed by atoms with Gasteiger partial charge in [-0.05, 0) is 0 Å². The van der Waals surface area contributed by atoms with Gasteiger partial charge in [0.15, 0.2) is 5.13 Å². The molecule has 0 saturated carbocycles. The predicted molar refractivity (Wildman–Crippen MR) is 87.9 cm³/mol. The second kappa shape index (κ2) is 8.20. The Hall–Kier alpha value is -2.00. The first-order valence-electron chi connectivity index (χ1n) is 7.71. The minimum atomic E-state index is -0.962. The van der Waals surface area contributed by atoms with Crippen molar-refractivity contribution < 1.29 is 24.2 Å². The van der Waals surface area contributed by atoms with Crippen molar-refractivity contribution in [1.29, 1.82) is 0 Å². The number of hydrogen-bond acceptors (Lipinski definition) is 6. The number of anilines is 1. The minimum Gasteiger partial charge on any atom is -0.481 e. The van der Waals surface area contributed by atoms with Gasteiger partial charge in [0.05, 0.1) is 37.8 Å². The van der Waals surface area contributed by atoms with Gasteiger partial charge in [0.2, 0.25) is 11.8 Å². The normalized spacial score (nSPS) is 17.8. The van der Waals surface area contributed by atoms with Crippen LogP contribution in [0.4, 0.5) is 5.13 Å². The zero-order valence-electron chi connectivity index (χ0n) is 13.7. The molecule has 1 saturated heterocycles. The highest BCUT2D eigenvalue weighted by Crippen LogP contribution is 2.19. The number of carbonyl (C=O) groups is 3. The Morgan fingerprint density at radius 3 is 2.92 bits per heavy atom. The molecule has 1 fully saturated rings. The molecule has 8 nitrogen and oxygen atoms in total. The molecule has 2 amide bonds. The van der Waals surface area contributed by atoms with E-state index < -0.39 is 12.0 Å². The lowest BCUT2D eigenvalue weighted by molar-refractivity contribution is -0.146. The van der Waals surface area contributed by atoms with Gasteiger partial charge in [-0.1, -0.05) is 13.8 Å². The first-order valence-corrected chi connectivity index (χ1v) is 8.59. The number of aromatic nitrogens is 1. The van der Waals surface area contributed by atoms with Crippen molar-refractivity contribution in [2.75, 3.05) is 25.1 Å². The second-order valence-electron chi connectivity index (χ2n) is 5.88. The van der Waals surface area contributed by atoms with Crippen molar-refractivity contribution in [3.05, 3.63) is 11.1 Å². The summed E-state index contributed by atoms with van der Waals surface area (Å²) in [6, 6.07) is -0.456. The summed E-state index contributed by atoms with van der Waals surface area (Å²) >= 11 is 1.26. The topological polar surface area (TPSA) is 109 Å². The number of amides is 2. The van der Waals surface area contributed by atoms with Gasteiger partial charge in [0, 0.05) is 17.8 Å². The fraction of sp³-hybridized carbons (Fsp3) is 0.600. The number of hydrogen-bond donors (Lipinski definition) is 2. The summed E-state index contributed by atoms with van der Waals surface area (Å²) in [6.07, 6.45) is -0.0668. The van der Waals surface area contributed by atoms with Crippen molar-refractivity contribution >= 4 is 34.3 Å². The Bertz CT molecular complexity index is 616. The van der Waals surface area contributed by atoms with Crippen LogP contribution in [0.5, 0.6) is 0 Å². The molecular formula is C15H21N3O5S. The molecule has 0 aromatic carbocycles. The number of carboxylic acids is 1. The molecule has 24 heavy (non-hydrogen) atoms. The Morgan fingerprint density at radius 2 is 2.25 bits per heavy atom. The second-order valence-corrected chi connectivity index (χ2v) is 6.74. The van der Waals surface area contributed by atoms with Crippen molar-refractivity contribution in [3.8, 4) is 0 Å². The number of nitrogens with one attached hydrogen (secondary N) is 1. The van der Waals surface area contributed by atoms with E-state index in [9.17, 15) is 14.4 Å². The standard InChI is InChI=1S/C15H21N3O5S/c1-9(2)14(22)17-15-16-10(8-24-15)5-12(19)18-3-4-23-7-11(18)6-13(20)21/h8-9,11H,3-7H2,1-2H3,(H,20,21)(H,16,17,22). The lowest BCUT2D eigenvalue weighted by atomic mass is 10.1. The van der Waals surface area contributed by atoms with Crippen LogP contribution in [0.25, 0.3) is 0 Å². The number of carboxylic acid groups (broad SMARTS) is 1. The third-order valence-corrected chi connectivity index (χ3v) is 4.40. The maximum atomic E-state index is 12.5. The molecule has 1 aromatic heterocycles. The van der Waals surface area contributed by atoms with E-state index in [1.54, 1.807) is 24.1 Å². The van der Waals surface area contributed by atoms with Crippen LogP contribution in [0.15, 0.2) is 5.38 Å². The lowest BCUT2D eigenvalue weighted by Crippen LogP contribution is -2.50. The molecule has 1 atom stereocenters. The van der Waals surface area contributed by atoms with Crippen LogP contribution >= 0.6 is 11.3 Å². The van der Waals surface area contributed by atoms with Crippen LogP contribution in [0, 0.1) is 5.92 Å². The number of rotatable bonds is 6. The van der Waals surface area contributed by atoms with Crippen LogP contribution in [0.2, 0.25) is 0 Å². The highest BCUT2D eigenvalue weighted by molar-refractivity contribution is 7.13. The molecule has 0 spiro atoms. The van der Waals surface area contributed by atoms with Crippen LogP contribution in [-0.4, -0.2) is 58.6 Å². The Balaban J connectivity index is 1.97. The maximum absolute atomic E-state index is 12.5. The molecule has 0 aliphatic carbocycles. The highest BCUT2D eigenvalue weighted by Gasteiger charge is 2.29. The van der Waals surface area contributed by atoms with Gasteiger partial charge >= 0.3 is 5.97 Å². The van der Waals surface area contributed by atoms with Gasteiger partial charge in [-0.2, -0.15) is 0 Å². The van der Waals surface area contributed by atoms with Crippen molar-refractivity contribution in [3.63, 3.8) is 0 Å². The monoisotopic (exact) mass is 355 g/mol. The third kappa shape index (κ3) is 5.00.